The third kappa shape index (κ3) is 11.8. The van der Waals surface area contributed by atoms with Crippen LogP contribution in [0.15, 0.2) is 71.6 Å². The summed E-state index contributed by atoms with van der Waals surface area (Å²) >= 11 is 0. The Morgan fingerprint density at radius 3 is 1.10 bits per heavy atom. The van der Waals surface area contributed by atoms with Gasteiger partial charge in [0, 0.05) is 10.7 Å². The molecule has 0 heterocycles. The lowest BCUT2D eigenvalue weighted by Gasteiger charge is -1.91. The Balaban J connectivity index is 0. The van der Waals surface area contributed by atoms with Gasteiger partial charge in [-0.3, -0.25) is 0 Å². The average Bonchev–Trinajstić information content (AvgIpc) is 2.54. The largest absolute Gasteiger partial charge is 0.261 e. The first-order chi connectivity index (χ1) is 9.61. The highest BCUT2D eigenvalue weighted by atomic mass is 35.7. The van der Waals surface area contributed by atoms with E-state index in [1.165, 1.54) is 12.1 Å². The van der Waals surface area contributed by atoms with Crippen LogP contribution in [0.2, 0.25) is 0 Å². The van der Waals surface area contributed by atoms with Crippen LogP contribution in [0.1, 0.15) is 27.7 Å². The quantitative estimate of drug-likeness (QED) is 0.665. The third-order valence-corrected chi connectivity index (χ3v) is 3.06. The van der Waals surface area contributed by atoms with E-state index in [1.807, 2.05) is 64.1 Å². The maximum Gasteiger partial charge on any atom is 0.261 e. The molecular formula is C16H23ClO2S. The molecule has 4 heteroatoms. The SMILES string of the molecule is CC.CC.O=S(=O)(Cl)c1ccccc1.c1ccccc1. The van der Waals surface area contributed by atoms with Crippen LogP contribution in [-0.4, -0.2) is 8.42 Å². The lowest BCUT2D eigenvalue weighted by atomic mass is 10.4. The van der Waals surface area contributed by atoms with Crippen LogP contribution in [0.25, 0.3) is 0 Å². The predicted molar refractivity (Wildman–Crippen MR) is 88.6 cm³/mol. The first kappa shape index (κ1) is 21.0. The Morgan fingerprint density at radius 2 is 0.900 bits per heavy atom. The Labute approximate surface area is 127 Å². The standard InChI is InChI=1S/C6H5ClO2S.C6H6.2C2H6/c7-10(8,9)6-4-2-1-3-5-6;1-2-4-6-5-3-1;2*1-2/h1-5H;1-6H;2*1-2H3. The molecule has 2 rings (SSSR count). The first-order valence-electron chi connectivity index (χ1n) is 6.60. The van der Waals surface area contributed by atoms with E-state index in [-0.39, 0.29) is 4.90 Å². The zero-order valence-corrected chi connectivity index (χ0v) is 14.0. The minimum atomic E-state index is -3.53. The molecule has 0 saturated carbocycles. The van der Waals surface area contributed by atoms with Gasteiger partial charge in [-0.05, 0) is 12.1 Å². The second-order valence-corrected chi connectivity index (χ2v) is 5.47. The maximum absolute atomic E-state index is 10.6. The Morgan fingerprint density at radius 1 is 0.650 bits per heavy atom. The van der Waals surface area contributed by atoms with E-state index in [9.17, 15) is 8.42 Å². The van der Waals surface area contributed by atoms with E-state index in [2.05, 4.69) is 0 Å². The van der Waals surface area contributed by atoms with Crippen LogP contribution in [0.4, 0.5) is 0 Å². The van der Waals surface area contributed by atoms with Crippen LogP contribution in [0.3, 0.4) is 0 Å². The van der Waals surface area contributed by atoms with Gasteiger partial charge in [0.2, 0.25) is 0 Å². The molecule has 0 fully saturated rings. The van der Waals surface area contributed by atoms with Crippen LogP contribution in [0, 0.1) is 0 Å². The summed E-state index contributed by atoms with van der Waals surface area (Å²) in [6, 6.07) is 19.9. The van der Waals surface area contributed by atoms with E-state index in [1.54, 1.807) is 18.2 Å². The highest BCUT2D eigenvalue weighted by Crippen LogP contribution is 2.12. The monoisotopic (exact) mass is 314 g/mol. The fourth-order valence-corrected chi connectivity index (χ4v) is 1.76. The van der Waals surface area contributed by atoms with E-state index in [0.717, 1.165) is 0 Å². The number of halogens is 1. The topological polar surface area (TPSA) is 34.1 Å². The van der Waals surface area contributed by atoms with E-state index >= 15 is 0 Å². The fraction of sp³-hybridized carbons (Fsp3) is 0.250. The summed E-state index contributed by atoms with van der Waals surface area (Å²) in [4.78, 5) is 0.136. The van der Waals surface area contributed by atoms with Crippen LogP contribution < -0.4 is 0 Å². The van der Waals surface area contributed by atoms with Crippen molar-refractivity contribution in [3.8, 4) is 0 Å². The molecule has 0 N–H and O–H groups in total. The van der Waals surface area contributed by atoms with Gasteiger partial charge in [0.1, 0.15) is 0 Å². The van der Waals surface area contributed by atoms with Crippen molar-refractivity contribution in [2.24, 2.45) is 0 Å². The molecule has 0 saturated heterocycles. The second-order valence-electron chi connectivity index (χ2n) is 2.91. The molecule has 0 bridgehead atoms. The van der Waals surface area contributed by atoms with Crippen molar-refractivity contribution in [2.45, 2.75) is 32.6 Å². The van der Waals surface area contributed by atoms with Gasteiger partial charge in [0.05, 0.1) is 4.90 Å². The molecule has 2 aromatic rings. The number of benzene rings is 2. The van der Waals surface area contributed by atoms with Crippen LogP contribution in [-0.2, 0) is 9.05 Å². The zero-order chi connectivity index (χ0) is 15.9. The summed E-state index contributed by atoms with van der Waals surface area (Å²) in [6.45, 7) is 8.00. The zero-order valence-electron chi connectivity index (χ0n) is 12.5. The molecule has 0 aliphatic carbocycles. The molecule has 2 aromatic carbocycles. The van der Waals surface area contributed by atoms with Gasteiger partial charge < -0.3 is 0 Å². The molecule has 0 aromatic heterocycles. The van der Waals surface area contributed by atoms with E-state index < -0.39 is 9.05 Å². The van der Waals surface area contributed by atoms with Crippen molar-refractivity contribution in [3.05, 3.63) is 66.7 Å². The summed E-state index contributed by atoms with van der Waals surface area (Å²) in [5.41, 5.74) is 0. The Kier molecular flexibility index (Phi) is 14.8. The van der Waals surface area contributed by atoms with Crippen molar-refractivity contribution in [2.75, 3.05) is 0 Å². The molecule has 112 valence electrons. The number of hydrogen-bond donors (Lipinski definition) is 0. The summed E-state index contributed by atoms with van der Waals surface area (Å²) in [5.74, 6) is 0. The van der Waals surface area contributed by atoms with Crippen molar-refractivity contribution in [1.29, 1.82) is 0 Å². The van der Waals surface area contributed by atoms with Crippen LogP contribution in [0.5, 0.6) is 0 Å². The second kappa shape index (κ2) is 14.1. The average molecular weight is 315 g/mol. The molecule has 20 heavy (non-hydrogen) atoms. The minimum absolute atomic E-state index is 0.136. The summed E-state index contributed by atoms with van der Waals surface area (Å²) < 4.78 is 21.2. The molecule has 0 amide bonds. The highest BCUT2D eigenvalue weighted by Gasteiger charge is 2.06. The normalized spacial score (nSPS) is 8.65. The summed E-state index contributed by atoms with van der Waals surface area (Å²) in [7, 11) is 1.50. The van der Waals surface area contributed by atoms with Gasteiger partial charge in [-0.2, -0.15) is 0 Å². The molecule has 2 nitrogen and oxygen atoms in total. The predicted octanol–water partition coefficient (Wildman–Crippen LogP) is 5.35. The van der Waals surface area contributed by atoms with E-state index in [4.69, 9.17) is 10.7 Å². The van der Waals surface area contributed by atoms with Crippen molar-refractivity contribution < 1.29 is 8.42 Å². The first-order valence-corrected chi connectivity index (χ1v) is 8.91. The molecule has 0 radical (unpaired) electrons. The molecule has 0 unspecified atom stereocenters. The summed E-state index contributed by atoms with van der Waals surface area (Å²) in [6.07, 6.45) is 0. The van der Waals surface area contributed by atoms with Crippen molar-refractivity contribution in [3.63, 3.8) is 0 Å². The molecule has 0 spiro atoms. The van der Waals surface area contributed by atoms with Gasteiger partial charge >= 0.3 is 0 Å². The Hall–Kier alpha value is -1.32. The molecule has 0 aliphatic heterocycles. The molecule has 0 aliphatic rings. The van der Waals surface area contributed by atoms with Crippen molar-refractivity contribution in [1.82, 2.24) is 0 Å². The van der Waals surface area contributed by atoms with Gasteiger partial charge in [-0.1, -0.05) is 82.3 Å². The van der Waals surface area contributed by atoms with Gasteiger partial charge in [-0.25, -0.2) is 8.42 Å². The number of rotatable bonds is 1. The Bertz CT molecular complexity index is 470. The third-order valence-electron chi connectivity index (χ3n) is 1.69. The highest BCUT2D eigenvalue weighted by molar-refractivity contribution is 8.13. The van der Waals surface area contributed by atoms with Gasteiger partial charge in [0.15, 0.2) is 0 Å². The van der Waals surface area contributed by atoms with Crippen LogP contribution >= 0.6 is 10.7 Å². The van der Waals surface area contributed by atoms with Crippen molar-refractivity contribution >= 4 is 19.7 Å². The smallest absolute Gasteiger partial charge is 0.207 e. The molecule has 0 atom stereocenters. The lowest BCUT2D eigenvalue weighted by molar-refractivity contribution is 0.609. The summed E-state index contributed by atoms with van der Waals surface area (Å²) in [5, 5.41) is 0. The number of hydrogen-bond acceptors (Lipinski definition) is 2. The van der Waals surface area contributed by atoms with Gasteiger partial charge in [-0.15, -0.1) is 0 Å². The van der Waals surface area contributed by atoms with E-state index in [0.29, 0.717) is 0 Å². The van der Waals surface area contributed by atoms with Gasteiger partial charge in [0.25, 0.3) is 9.05 Å². The fourth-order valence-electron chi connectivity index (χ4n) is 0.968. The lowest BCUT2D eigenvalue weighted by Crippen LogP contribution is -1.87. The maximum atomic E-state index is 10.6. The molecular weight excluding hydrogens is 292 g/mol. The minimum Gasteiger partial charge on any atom is -0.207 e.